The van der Waals surface area contributed by atoms with Crippen LogP contribution in [-0.4, -0.2) is 29.5 Å². The second kappa shape index (κ2) is 8.14. The minimum Gasteiger partial charge on any atom is -0.489 e. The number of likely N-dealkylation sites (N-methyl/N-ethyl adjacent to an activating group) is 1. The van der Waals surface area contributed by atoms with Gasteiger partial charge in [0.25, 0.3) is 0 Å². The van der Waals surface area contributed by atoms with Gasteiger partial charge in [-0.25, -0.2) is 9.37 Å². The van der Waals surface area contributed by atoms with Crippen LogP contribution in [0.25, 0.3) is 0 Å². The van der Waals surface area contributed by atoms with Crippen LogP contribution in [0.5, 0.6) is 5.75 Å². The molecule has 0 atom stereocenters. The molecule has 0 aliphatic carbocycles. The molecule has 29 heavy (non-hydrogen) atoms. The SMILES string of the molecule is CN1CC(=O)Nc2cnc(NCc3ccc(OCc4cccc(F)c4)cc3)nc21. The highest BCUT2D eigenvalue weighted by molar-refractivity contribution is 6.00. The first-order valence-corrected chi connectivity index (χ1v) is 9.15. The predicted octanol–water partition coefficient (Wildman–Crippen LogP) is 3.20. The summed E-state index contributed by atoms with van der Waals surface area (Å²) in [5.41, 5.74) is 2.42. The van der Waals surface area contributed by atoms with Crippen molar-refractivity contribution in [3.63, 3.8) is 0 Å². The van der Waals surface area contributed by atoms with Crippen molar-refractivity contribution in [2.45, 2.75) is 13.2 Å². The standard InChI is InChI=1S/C21H20FN5O2/c1-27-12-19(28)25-18-11-24-21(26-20(18)27)23-10-14-5-7-17(8-6-14)29-13-15-3-2-4-16(22)9-15/h2-9,11H,10,12-13H2,1H3,(H,25,28)(H,23,24,26). The van der Waals surface area contributed by atoms with Crippen LogP contribution in [0.1, 0.15) is 11.1 Å². The zero-order valence-corrected chi connectivity index (χ0v) is 15.9. The zero-order chi connectivity index (χ0) is 20.2. The van der Waals surface area contributed by atoms with Crippen LogP contribution in [0.3, 0.4) is 0 Å². The van der Waals surface area contributed by atoms with E-state index in [1.807, 2.05) is 37.4 Å². The van der Waals surface area contributed by atoms with Crippen molar-refractivity contribution in [3.05, 3.63) is 71.7 Å². The summed E-state index contributed by atoms with van der Waals surface area (Å²) in [6, 6.07) is 14.0. The molecule has 0 saturated carbocycles. The van der Waals surface area contributed by atoms with Crippen LogP contribution in [0.15, 0.2) is 54.7 Å². The quantitative estimate of drug-likeness (QED) is 0.670. The van der Waals surface area contributed by atoms with E-state index in [9.17, 15) is 9.18 Å². The van der Waals surface area contributed by atoms with Crippen LogP contribution < -0.4 is 20.3 Å². The van der Waals surface area contributed by atoms with E-state index in [4.69, 9.17) is 4.74 Å². The van der Waals surface area contributed by atoms with Gasteiger partial charge in [0.1, 0.15) is 23.9 Å². The average Bonchev–Trinajstić information content (AvgIpc) is 2.72. The number of aromatic nitrogens is 2. The number of carbonyl (C=O) groups is 1. The van der Waals surface area contributed by atoms with Gasteiger partial charge in [-0.05, 0) is 35.4 Å². The number of halogens is 1. The van der Waals surface area contributed by atoms with Crippen molar-refractivity contribution in [2.24, 2.45) is 0 Å². The Kier molecular flexibility index (Phi) is 5.24. The van der Waals surface area contributed by atoms with Gasteiger partial charge in [-0.15, -0.1) is 0 Å². The Labute approximate surface area is 167 Å². The lowest BCUT2D eigenvalue weighted by atomic mass is 10.2. The lowest BCUT2D eigenvalue weighted by Crippen LogP contribution is -2.36. The molecule has 7 nitrogen and oxygen atoms in total. The van der Waals surface area contributed by atoms with Crippen molar-refractivity contribution in [1.82, 2.24) is 9.97 Å². The van der Waals surface area contributed by atoms with Crippen molar-refractivity contribution in [2.75, 3.05) is 29.1 Å². The van der Waals surface area contributed by atoms with Gasteiger partial charge in [-0.2, -0.15) is 4.98 Å². The van der Waals surface area contributed by atoms with Gasteiger partial charge in [0.05, 0.1) is 12.7 Å². The molecule has 2 aromatic carbocycles. The van der Waals surface area contributed by atoms with Crippen LogP contribution in [0, 0.1) is 5.82 Å². The first-order chi connectivity index (χ1) is 14.1. The van der Waals surface area contributed by atoms with Gasteiger partial charge in [-0.1, -0.05) is 24.3 Å². The molecule has 1 aliphatic heterocycles. The van der Waals surface area contributed by atoms with Gasteiger partial charge in [0.2, 0.25) is 11.9 Å². The summed E-state index contributed by atoms with van der Waals surface area (Å²) < 4.78 is 18.9. The maximum atomic E-state index is 13.2. The molecule has 2 N–H and O–H groups in total. The summed E-state index contributed by atoms with van der Waals surface area (Å²) in [5, 5.41) is 5.94. The molecule has 0 bridgehead atoms. The van der Waals surface area contributed by atoms with Gasteiger partial charge in [-0.3, -0.25) is 4.79 Å². The third-order valence-corrected chi connectivity index (χ3v) is 4.45. The molecular formula is C21H20FN5O2. The van der Waals surface area contributed by atoms with Crippen LogP contribution in [0.4, 0.5) is 21.8 Å². The maximum absolute atomic E-state index is 13.2. The molecule has 4 rings (SSSR count). The predicted molar refractivity (Wildman–Crippen MR) is 108 cm³/mol. The molecule has 0 unspecified atom stereocenters. The molecule has 2 heterocycles. The fourth-order valence-corrected chi connectivity index (χ4v) is 3.00. The molecule has 8 heteroatoms. The largest absolute Gasteiger partial charge is 0.489 e. The molecule has 1 aromatic heterocycles. The van der Waals surface area contributed by atoms with Gasteiger partial charge in [0.15, 0.2) is 5.82 Å². The fraction of sp³-hybridized carbons (Fsp3) is 0.190. The number of nitrogens with one attached hydrogen (secondary N) is 2. The Bertz CT molecular complexity index is 1030. The van der Waals surface area contributed by atoms with Crippen molar-refractivity contribution >= 4 is 23.4 Å². The summed E-state index contributed by atoms with van der Waals surface area (Å²) in [7, 11) is 1.82. The lowest BCUT2D eigenvalue weighted by Gasteiger charge is -2.25. The first-order valence-electron chi connectivity index (χ1n) is 9.15. The number of hydrogen-bond acceptors (Lipinski definition) is 6. The number of amides is 1. The highest BCUT2D eigenvalue weighted by Gasteiger charge is 2.21. The fourth-order valence-electron chi connectivity index (χ4n) is 3.00. The highest BCUT2D eigenvalue weighted by Crippen LogP contribution is 2.26. The minimum atomic E-state index is -0.273. The summed E-state index contributed by atoms with van der Waals surface area (Å²) in [6.45, 7) is 1.11. The Morgan fingerprint density at radius 1 is 1.21 bits per heavy atom. The Morgan fingerprint density at radius 3 is 2.83 bits per heavy atom. The Balaban J connectivity index is 1.33. The Hall–Kier alpha value is -3.68. The van der Waals surface area contributed by atoms with E-state index >= 15 is 0 Å². The molecule has 0 fully saturated rings. The molecule has 0 radical (unpaired) electrons. The number of hydrogen-bond donors (Lipinski definition) is 2. The topological polar surface area (TPSA) is 79.4 Å². The number of nitrogens with zero attached hydrogens (tertiary/aromatic N) is 3. The summed E-state index contributed by atoms with van der Waals surface area (Å²) >= 11 is 0. The molecular weight excluding hydrogens is 373 g/mol. The zero-order valence-electron chi connectivity index (χ0n) is 15.9. The van der Waals surface area contributed by atoms with Crippen LogP contribution >= 0.6 is 0 Å². The summed E-state index contributed by atoms with van der Waals surface area (Å²) in [4.78, 5) is 22.0. The first kappa shape index (κ1) is 18.7. The highest BCUT2D eigenvalue weighted by atomic mass is 19.1. The summed E-state index contributed by atoms with van der Waals surface area (Å²) in [5.74, 6) is 1.52. The van der Waals surface area contributed by atoms with Gasteiger partial charge in [0, 0.05) is 13.6 Å². The third-order valence-electron chi connectivity index (χ3n) is 4.45. The molecule has 0 saturated heterocycles. The van der Waals surface area contributed by atoms with Crippen LogP contribution in [-0.2, 0) is 17.9 Å². The number of anilines is 3. The smallest absolute Gasteiger partial charge is 0.244 e. The molecule has 1 amide bonds. The van der Waals surface area contributed by atoms with Crippen molar-refractivity contribution in [1.29, 1.82) is 0 Å². The van der Waals surface area contributed by atoms with Crippen LogP contribution in [0.2, 0.25) is 0 Å². The number of carbonyl (C=O) groups excluding carboxylic acids is 1. The second-order valence-electron chi connectivity index (χ2n) is 6.75. The van der Waals surface area contributed by atoms with E-state index in [1.165, 1.54) is 12.1 Å². The molecule has 3 aromatic rings. The lowest BCUT2D eigenvalue weighted by molar-refractivity contribution is -0.115. The van der Waals surface area contributed by atoms with Gasteiger partial charge < -0.3 is 20.3 Å². The number of fused-ring (bicyclic) bond motifs is 1. The van der Waals surface area contributed by atoms with E-state index in [0.717, 1.165) is 11.1 Å². The van der Waals surface area contributed by atoms with E-state index in [0.29, 0.717) is 36.4 Å². The average molecular weight is 393 g/mol. The molecule has 148 valence electrons. The normalized spacial score (nSPS) is 12.9. The third kappa shape index (κ3) is 4.60. The monoisotopic (exact) mass is 393 g/mol. The van der Waals surface area contributed by atoms with E-state index in [-0.39, 0.29) is 18.3 Å². The maximum Gasteiger partial charge on any atom is 0.244 e. The van der Waals surface area contributed by atoms with Gasteiger partial charge >= 0.3 is 0 Å². The van der Waals surface area contributed by atoms with E-state index in [1.54, 1.807) is 17.2 Å². The number of ether oxygens (including phenoxy) is 1. The summed E-state index contributed by atoms with van der Waals surface area (Å²) in [6.07, 6.45) is 1.60. The van der Waals surface area contributed by atoms with E-state index < -0.39 is 0 Å². The Morgan fingerprint density at radius 2 is 2.03 bits per heavy atom. The minimum absolute atomic E-state index is 0.0796. The molecule has 1 aliphatic rings. The van der Waals surface area contributed by atoms with E-state index in [2.05, 4.69) is 20.6 Å². The molecule has 0 spiro atoms. The number of rotatable bonds is 6. The van der Waals surface area contributed by atoms with Crippen molar-refractivity contribution < 1.29 is 13.9 Å². The second-order valence-corrected chi connectivity index (χ2v) is 6.75. The van der Waals surface area contributed by atoms with Crippen molar-refractivity contribution in [3.8, 4) is 5.75 Å². The number of benzene rings is 2.